The lowest BCUT2D eigenvalue weighted by molar-refractivity contribution is -0.384. The van der Waals surface area contributed by atoms with Crippen molar-refractivity contribution in [3.05, 3.63) is 52.2 Å². The number of nitrogens with one attached hydrogen (secondary N) is 1. The molecule has 2 heterocycles. The minimum Gasteiger partial charge on any atom is -0.363 e. The van der Waals surface area contributed by atoms with Crippen LogP contribution in [0.1, 0.15) is 18.4 Å². The number of nitro benzene ring substituents is 1. The van der Waals surface area contributed by atoms with E-state index in [1.165, 1.54) is 0 Å². The van der Waals surface area contributed by atoms with Crippen LogP contribution in [-0.4, -0.2) is 53.0 Å². The maximum atomic E-state index is 10.8. The van der Waals surface area contributed by atoms with E-state index in [-0.39, 0.29) is 10.6 Å². The first-order chi connectivity index (χ1) is 12.5. The standard InChI is InChI=1S/C18H24N6O2/c1-22(2)17-9-10-19-18(21-17)20-15-4-3-11-23(13-15)12-14-5-7-16(8-6-14)24(25)26/h5-10,15H,3-4,11-13H2,1-2H3,(H,19,20,21). The highest BCUT2D eigenvalue weighted by Gasteiger charge is 2.21. The van der Waals surface area contributed by atoms with Crippen molar-refractivity contribution >= 4 is 17.5 Å². The van der Waals surface area contributed by atoms with Crippen molar-refractivity contribution < 1.29 is 4.92 Å². The van der Waals surface area contributed by atoms with Crippen LogP contribution in [0.4, 0.5) is 17.5 Å². The van der Waals surface area contributed by atoms with Crippen molar-refractivity contribution in [3.63, 3.8) is 0 Å². The Morgan fingerprint density at radius 2 is 2.08 bits per heavy atom. The third-order valence-corrected chi connectivity index (χ3v) is 4.49. The molecule has 1 aromatic carbocycles. The van der Waals surface area contributed by atoms with Gasteiger partial charge in [0.05, 0.1) is 4.92 Å². The summed E-state index contributed by atoms with van der Waals surface area (Å²) < 4.78 is 0. The lowest BCUT2D eigenvalue weighted by Gasteiger charge is -2.33. The Morgan fingerprint density at radius 3 is 2.77 bits per heavy atom. The Kier molecular flexibility index (Phi) is 5.62. The van der Waals surface area contributed by atoms with E-state index in [9.17, 15) is 10.1 Å². The van der Waals surface area contributed by atoms with Crippen molar-refractivity contribution in [2.24, 2.45) is 0 Å². The fourth-order valence-corrected chi connectivity index (χ4v) is 3.15. The van der Waals surface area contributed by atoms with Crippen molar-refractivity contribution in [3.8, 4) is 0 Å². The molecule has 0 amide bonds. The molecule has 2 aromatic rings. The largest absolute Gasteiger partial charge is 0.363 e. The fourth-order valence-electron chi connectivity index (χ4n) is 3.15. The molecule has 1 atom stereocenters. The van der Waals surface area contributed by atoms with Gasteiger partial charge >= 0.3 is 0 Å². The molecule has 0 saturated carbocycles. The maximum absolute atomic E-state index is 10.8. The van der Waals surface area contributed by atoms with Gasteiger partial charge in [0.1, 0.15) is 5.82 Å². The molecule has 26 heavy (non-hydrogen) atoms. The van der Waals surface area contributed by atoms with Gasteiger partial charge in [-0.25, -0.2) is 4.98 Å². The monoisotopic (exact) mass is 356 g/mol. The quantitative estimate of drug-likeness (QED) is 0.628. The first-order valence-electron chi connectivity index (χ1n) is 8.74. The van der Waals surface area contributed by atoms with Gasteiger partial charge < -0.3 is 10.2 Å². The van der Waals surface area contributed by atoms with Crippen LogP contribution in [0.15, 0.2) is 36.5 Å². The van der Waals surface area contributed by atoms with Gasteiger partial charge in [-0.15, -0.1) is 0 Å². The van der Waals surface area contributed by atoms with E-state index in [1.807, 2.05) is 37.2 Å². The Bertz CT molecular complexity index is 750. The Morgan fingerprint density at radius 1 is 1.31 bits per heavy atom. The van der Waals surface area contributed by atoms with E-state index in [0.29, 0.717) is 12.0 Å². The molecule has 0 radical (unpaired) electrons. The van der Waals surface area contributed by atoms with E-state index in [1.54, 1.807) is 18.3 Å². The van der Waals surface area contributed by atoms with E-state index in [2.05, 4.69) is 20.2 Å². The van der Waals surface area contributed by atoms with Crippen LogP contribution in [0.3, 0.4) is 0 Å². The number of nitro groups is 1. The highest BCUT2D eigenvalue weighted by atomic mass is 16.6. The van der Waals surface area contributed by atoms with Crippen LogP contribution < -0.4 is 10.2 Å². The first-order valence-corrected chi connectivity index (χ1v) is 8.74. The van der Waals surface area contributed by atoms with Crippen LogP contribution >= 0.6 is 0 Å². The molecular formula is C18H24N6O2. The number of hydrogen-bond donors (Lipinski definition) is 1. The number of anilines is 2. The first kappa shape index (κ1) is 18.1. The van der Waals surface area contributed by atoms with Gasteiger partial charge in [-0.1, -0.05) is 12.1 Å². The molecule has 1 fully saturated rings. The Labute approximate surface area is 153 Å². The highest BCUT2D eigenvalue weighted by molar-refractivity contribution is 5.41. The molecule has 1 aromatic heterocycles. The van der Waals surface area contributed by atoms with Gasteiger partial charge in [-0.05, 0) is 31.0 Å². The maximum Gasteiger partial charge on any atom is 0.269 e. The van der Waals surface area contributed by atoms with Crippen LogP contribution in [0, 0.1) is 10.1 Å². The smallest absolute Gasteiger partial charge is 0.269 e. The molecule has 1 aliphatic heterocycles. The van der Waals surface area contributed by atoms with Gasteiger partial charge in [-0.3, -0.25) is 15.0 Å². The number of nitrogens with zero attached hydrogens (tertiary/aromatic N) is 5. The van der Waals surface area contributed by atoms with Crippen molar-refractivity contribution in [1.29, 1.82) is 0 Å². The molecule has 138 valence electrons. The third kappa shape index (κ3) is 4.66. The summed E-state index contributed by atoms with van der Waals surface area (Å²) in [7, 11) is 3.91. The van der Waals surface area contributed by atoms with Crippen LogP contribution in [0.5, 0.6) is 0 Å². The molecule has 8 nitrogen and oxygen atoms in total. The molecule has 0 aliphatic carbocycles. The van der Waals surface area contributed by atoms with Crippen molar-refractivity contribution in [2.45, 2.75) is 25.4 Å². The van der Waals surface area contributed by atoms with Gasteiger partial charge in [0, 0.05) is 51.6 Å². The number of aromatic nitrogens is 2. The zero-order valence-corrected chi connectivity index (χ0v) is 15.1. The molecule has 8 heteroatoms. The SMILES string of the molecule is CN(C)c1ccnc(NC2CCCN(Cc3ccc([N+](=O)[O-])cc3)C2)n1. The van der Waals surface area contributed by atoms with Crippen molar-refractivity contribution in [2.75, 3.05) is 37.4 Å². The number of piperidine rings is 1. The predicted molar refractivity (Wildman–Crippen MR) is 101 cm³/mol. The zero-order valence-electron chi connectivity index (χ0n) is 15.1. The normalized spacial score (nSPS) is 17.7. The molecular weight excluding hydrogens is 332 g/mol. The molecule has 0 spiro atoms. The summed E-state index contributed by atoms with van der Waals surface area (Å²) >= 11 is 0. The minimum atomic E-state index is -0.369. The molecule has 1 aliphatic rings. The summed E-state index contributed by atoms with van der Waals surface area (Å²) in [4.78, 5) is 23.5. The van der Waals surface area contributed by atoms with Crippen LogP contribution in [0.2, 0.25) is 0 Å². The number of non-ortho nitro benzene ring substituents is 1. The third-order valence-electron chi connectivity index (χ3n) is 4.49. The van der Waals surface area contributed by atoms with Gasteiger partial charge in [-0.2, -0.15) is 4.98 Å². The second kappa shape index (κ2) is 8.09. The molecule has 1 N–H and O–H groups in total. The summed E-state index contributed by atoms with van der Waals surface area (Å²) in [6.45, 7) is 2.70. The lowest BCUT2D eigenvalue weighted by atomic mass is 10.0. The average Bonchev–Trinajstić information content (AvgIpc) is 2.62. The van der Waals surface area contributed by atoms with Gasteiger partial charge in [0.25, 0.3) is 5.69 Å². The molecule has 3 rings (SSSR count). The number of likely N-dealkylation sites (tertiary alicyclic amines) is 1. The van der Waals surface area contributed by atoms with Crippen molar-refractivity contribution in [1.82, 2.24) is 14.9 Å². The van der Waals surface area contributed by atoms with Gasteiger partial charge in [0.2, 0.25) is 5.95 Å². The minimum absolute atomic E-state index is 0.130. The summed E-state index contributed by atoms with van der Waals surface area (Å²) in [5.41, 5.74) is 1.21. The highest BCUT2D eigenvalue weighted by Crippen LogP contribution is 2.19. The second-order valence-electron chi connectivity index (χ2n) is 6.78. The summed E-state index contributed by atoms with van der Waals surface area (Å²) in [6, 6.07) is 8.97. The summed E-state index contributed by atoms with van der Waals surface area (Å²) in [6.07, 6.45) is 3.94. The number of benzene rings is 1. The Hall–Kier alpha value is -2.74. The topological polar surface area (TPSA) is 87.4 Å². The van der Waals surface area contributed by atoms with Crippen LogP contribution in [0.25, 0.3) is 0 Å². The fraction of sp³-hybridized carbons (Fsp3) is 0.444. The van der Waals surface area contributed by atoms with E-state index >= 15 is 0 Å². The van der Waals surface area contributed by atoms with E-state index in [0.717, 1.165) is 43.9 Å². The summed E-state index contributed by atoms with van der Waals surface area (Å²) in [5.74, 6) is 1.53. The lowest BCUT2D eigenvalue weighted by Crippen LogP contribution is -2.41. The van der Waals surface area contributed by atoms with E-state index in [4.69, 9.17) is 0 Å². The molecule has 1 saturated heterocycles. The summed E-state index contributed by atoms with van der Waals surface area (Å²) in [5, 5.41) is 14.2. The average molecular weight is 356 g/mol. The Balaban J connectivity index is 1.58. The molecule has 0 bridgehead atoms. The van der Waals surface area contributed by atoms with Gasteiger partial charge in [0.15, 0.2) is 0 Å². The van der Waals surface area contributed by atoms with E-state index < -0.39 is 0 Å². The number of hydrogen-bond acceptors (Lipinski definition) is 7. The number of rotatable bonds is 6. The zero-order chi connectivity index (χ0) is 18.5. The van der Waals surface area contributed by atoms with Crippen LogP contribution in [-0.2, 0) is 6.54 Å². The molecule has 1 unspecified atom stereocenters. The second-order valence-corrected chi connectivity index (χ2v) is 6.78. The predicted octanol–water partition coefficient (Wildman–Crippen LogP) is 2.53.